The molecule has 0 fully saturated rings. The molecule has 0 saturated heterocycles. The second-order valence-electron chi connectivity index (χ2n) is 2.45. The first-order valence-electron chi connectivity index (χ1n) is 4.34. The van der Waals surface area contributed by atoms with E-state index in [1.54, 1.807) is 0 Å². The Morgan fingerprint density at radius 1 is 0.824 bits per heavy atom. The molecule has 0 amide bonds. The van der Waals surface area contributed by atoms with Crippen LogP contribution in [0.2, 0.25) is 0 Å². The minimum atomic E-state index is 0. The fourth-order valence-electron chi connectivity index (χ4n) is 0.799. The van der Waals surface area contributed by atoms with Crippen LogP contribution >= 0.6 is 0 Å². The Bertz CT molecular complexity index is 326. The van der Waals surface area contributed by atoms with E-state index in [2.05, 4.69) is 20.2 Å². The van der Waals surface area contributed by atoms with E-state index in [1.807, 2.05) is 60.7 Å². The van der Waals surface area contributed by atoms with Crippen molar-refractivity contribution in [2.24, 2.45) is 0 Å². The normalized spacial score (nSPS) is 6.12. The molecule has 0 aromatic heterocycles. The molecule has 0 aliphatic carbocycles. The van der Waals surface area contributed by atoms with Crippen molar-refractivity contribution in [3.8, 4) is 0 Å². The Hall–Kier alpha value is -1.56. The molecule has 0 atom stereocenters. The quantitative estimate of drug-likeness (QED) is 0.400. The maximum atomic E-state index is 7.50. The molecule has 0 N–H and O–H groups in total. The zero-order chi connectivity index (χ0) is 12.6. The third-order valence-corrected chi connectivity index (χ3v) is 1.40. The molecule has 0 aliphatic heterocycles. The van der Waals surface area contributed by atoms with Gasteiger partial charge in [-0.1, -0.05) is 6.07 Å². The zero-order valence-electron chi connectivity index (χ0n) is 9.15. The molecule has 0 heterocycles. The van der Waals surface area contributed by atoms with Crippen molar-refractivity contribution in [2.75, 3.05) is 0 Å². The summed E-state index contributed by atoms with van der Waals surface area (Å²) in [5.74, 6) is 0. The maximum absolute atomic E-state index is 7.50. The predicted molar refractivity (Wildman–Crippen MR) is 60.8 cm³/mol. The summed E-state index contributed by atoms with van der Waals surface area (Å²) in [6.07, 6.45) is 0. The molecule has 2 rings (SSSR count). The smallest absolute Gasteiger partial charge is 0.214 e. The second-order valence-corrected chi connectivity index (χ2v) is 2.45. The van der Waals surface area contributed by atoms with Gasteiger partial charge in [0.1, 0.15) is 0 Å². The molecule has 17 heavy (non-hydrogen) atoms. The SMILES string of the molecule is [C-]#[O+].[C-]#[O+].[CH2-]c1ccccc1.[Fe+2].c1cc[cH-]c1. The first kappa shape index (κ1) is 20.8. The van der Waals surface area contributed by atoms with Crippen LogP contribution in [0.25, 0.3) is 0 Å². The number of rotatable bonds is 0. The standard InChI is InChI=1S/C7H7.C5H5.2CO.Fe/c1-7-5-3-2-4-6-7;1-2-4-5-3-1;2*1-2;/h2-6H,1H2;1-5H;;;/q2*-1;;;+2. The summed E-state index contributed by atoms with van der Waals surface area (Å²) < 4.78 is 15.0. The van der Waals surface area contributed by atoms with E-state index in [0.717, 1.165) is 5.56 Å². The molecule has 0 bridgehead atoms. The molecule has 88 valence electrons. The molecule has 0 unspecified atom stereocenters. The van der Waals surface area contributed by atoms with Gasteiger partial charge in [0.25, 0.3) is 0 Å². The summed E-state index contributed by atoms with van der Waals surface area (Å²) in [7, 11) is 0. The first-order chi connectivity index (χ1) is 7.89. The van der Waals surface area contributed by atoms with Crippen LogP contribution in [0.5, 0.6) is 0 Å². The predicted octanol–water partition coefficient (Wildman–Crippen LogP) is 3.20. The van der Waals surface area contributed by atoms with Crippen LogP contribution < -0.4 is 0 Å². The summed E-state index contributed by atoms with van der Waals surface area (Å²) in [4.78, 5) is 0. The third kappa shape index (κ3) is 17.1. The van der Waals surface area contributed by atoms with Crippen LogP contribution in [0.4, 0.5) is 0 Å². The van der Waals surface area contributed by atoms with Gasteiger partial charge in [-0.2, -0.15) is 42.8 Å². The van der Waals surface area contributed by atoms with Gasteiger partial charge in [-0.15, -0.1) is 12.1 Å². The van der Waals surface area contributed by atoms with E-state index in [1.165, 1.54) is 0 Å². The van der Waals surface area contributed by atoms with Crippen LogP contribution in [-0.4, -0.2) is 0 Å². The van der Waals surface area contributed by atoms with Crippen molar-refractivity contribution in [3.63, 3.8) is 0 Å². The minimum absolute atomic E-state index is 0. The van der Waals surface area contributed by atoms with E-state index in [0.29, 0.717) is 0 Å². The Labute approximate surface area is 113 Å². The average molecular weight is 268 g/mol. The third-order valence-electron chi connectivity index (χ3n) is 1.40. The largest absolute Gasteiger partial charge is 2.00 e. The van der Waals surface area contributed by atoms with E-state index in [-0.39, 0.29) is 17.1 Å². The summed E-state index contributed by atoms with van der Waals surface area (Å²) in [5.41, 5.74) is 1.07. The first-order valence-corrected chi connectivity index (χ1v) is 4.34. The van der Waals surface area contributed by atoms with Gasteiger partial charge in [0.15, 0.2) is 0 Å². The molecule has 0 radical (unpaired) electrons. The van der Waals surface area contributed by atoms with Crippen molar-refractivity contribution < 1.29 is 26.4 Å². The Balaban J connectivity index is -0.000000175. The van der Waals surface area contributed by atoms with Crippen LogP contribution in [-0.2, 0) is 26.4 Å². The summed E-state index contributed by atoms with van der Waals surface area (Å²) in [5, 5.41) is 0. The van der Waals surface area contributed by atoms with Crippen molar-refractivity contribution >= 4 is 0 Å². The summed E-state index contributed by atoms with van der Waals surface area (Å²) in [6, 6.07) is 19.9. The van der Waals surface area contributed by atoms with Gasteiger partial charge in [-0.05, 0) is 0 Å². The van der Waals surface area contributed by atoms with E-state index >= 15 is 0 Å². The minimum Gasteiger partial charge on any atom is -0.214 e. The van der Waals surface area contributed by atoms with Gasteiger partial charge in [0.05, 0.1) is 0 Å². The van der Waals surface area contributed by atoms with Gasteiger partial charge < -0.3 is 0 Å². The molecular weight excluding hydrogens is 256 g/mol. The average Bonchev–Trinajstić information content (AvgIpc) is 2.94. The fraction of sp³-hybridized carbons (Fsp3) is 0. The molecule has 2 aromatic rings. The van der Waals surface area contributed by atoms with Crippen LogP contribution in [0.3, 0.4) is 0 Å². The van der Waals surface area contributed by atoms with Crippen LogP contribution in [0.1, 0.15) is 5.56 Å². The summed E-state index contributed by atoms with van der Waals surface area (Å²) in [6.45, 7) is 12.7. The number of hydrogen-bond acceptors (Lipinski definition) is 0. The summed E-state index contributed by atoms with van der Waals surface area (Å²) >= 11 is 0. The second kappa shape index (κ2) is 19.9. The monoisotopic (exact) mass is 268 g/mol. The Morgan fingerprint density at radius 3 is 1.41 bits per heavy atom. The van der Waals surface area contributed by atoms with Crippen molar-refractivity contribution in [3.05, 3.63) is 86.5 Å². The molecule has 2 nitrogen and oxygen atoms in total. The topological polar surface area (TPSA) is 39.8 Å². The molecule has 0 saturated carbocycles. The number of benzene rings is 1. The van der Waals surface area contributed by atoms with E-state index in [4.69, 9.17) is 9.30 Å². The van der Waals surface area contributed by atoms with Gasteiger partial charge in [-0.3, -0.25) is 0 Å². The van der Waals surface area contributed by atoms with Crippen molar-refractivity contribution in [1.82, 2.24) is 0 Å². The zero-order valence-corrected chi connectivity index (χ0v) is 10.3. The van der Waals surface area contributed by atoms with Crippen LogP contribution in [0, 0.1) is 20.2 Å². The fourth-order valence-corrected chi connectivity index (χ4v) is 0.799. The van der Waals surface area contributed by atoms with Crippen molar-refractivity contribution in [1.29, 1.82) is 0 Å². The molecule has 0 spiro atoms. The molecular formula is C14H12FeO2. The Kier molecular flexibility index (Phi) is 24.4. The van der Waals surface area contributed by atoms with Crippen molar-refractivity contribution in [2.45, 2.75) is 0 Å². The Morgan fingerprint density at radius 2 is 1.24 bits per heavy atom. The van der Waals surface area contributed by atoms with E-state index in [9.17, 15) is 0 Å². The molecule has 0 aliphatic rings. The van der Waals surface area contributed by atoms with Gasteiger partial charge >= 0.3 is 39.7 Å². The van der Waals surface area contributed by atoms with Gasteiger partial charge in [-0.25, -0.2) is 12.1 Å². The van der Waals surface area contributed by atoms with Gasteiger partial charge in [0, 0.05) is 0 Å². The van der Waals surface area contributed by atoms with E-state index < -0.39 is 0 Å². The van der Waals surface area contributed by atoms with Gasteiger partial charge in [0.2, 0.25) is 0 Å². The maximum Gasteiger partial charge on any atom is 2.00 e. The molecule has 3 heteroatoms. The van der Waals surface area contributed by atoms with Crippen LogP contribution in [0.15, 0.2) is 60.7 Å². The molecule has 2 aromatic carbocycles. The number of hydrogen-bond donors (Lipinski definition) is 0.